The van der Waals surface area contributed by atoms with Gasteiger partial charge < -0.3 is 15.5 Å². The van der Waals surface area contributed by atoms with Crippen LogP contribution in [0.3, 0.4) is 0 Å². The molecule has 0 atom stereocenters. The van der Waals surface area contributed by atoms with Crippen molar-refractivity contribution in [2.24, 2.45) is 0 Å². The summed E-state index contributed by atoms with van der Waals surface area (Å²) >= 11 is 0. The number of hydrogen-bond donors (Lipinski definition) is 2. The van der Waals surface area contributed by atoms with Gasteiger partial charge in [0, 0.05) is 0 Å². The summed E-state index contributed by atoms with van der Waals surface area (Å²) in [5.74, 6) is 1.02. The van der Waals surface area contributed by atoms with Gasteiger partial charge in [-0.25, -0.2) is 4.79 Å². The molecular weight excluding hydrogens is 206 g/mol. The molecule has 2 rings (SSSR count). The van der Waals surface area contributed by atoms with Crippen LogP contribution in [-0.4, -0.2) is 9.97 Å². The van der Waals surface area contributed by atoms with E-state index in [0.29, 0.717) is 22.9 Å². The van der Waals surface area contributed by atoms with E-state index in [2.05, 4.69) is 9.97 Å². The maximum Gasteiger partial charge on any atom is 0.345 e. The van der Waals surface area contributed by atoms with Crippen molar-refractivity contribution in [3.8, 4) is 11.5 Å². The SMILES string of the molecule is Cc1[nH]c(=O)ncc1Oc1ccccc1N. The second kappa shape index (κ2) is 4.06. The summed E-state index contributed by atoms with van der Waals surface area (Å²) < 4.78 is 5.54. The van der Waals surface area contributed by atoms with Gasteiger partial charge in [0.25, 0.3) is 0 Å². The molecule has 2 aromatic rings. The first-order valence-electron chi connectivity index (χ1n) is 4.75. The van der Waals surface area contributed by atoms with Gasteiger partial charge in [-0.2, -0.15) is 4.98 Å². The molecule has 0 aliphatic carbocycles. The number of ether oxygens (including phenoxy) is 1. The number of nitrogen functional groups attached to an aromatic ring is 1. The largest absolute Gasteiger partial charge is 0.452 e. The van der Waals surface area contributed by atoms with E-state index in [-0.39, 0.29) is 0 Å². The third-order valence-electron chi connectivity index (χ3n) is 2.10. The van der Waals surface area contributed by atoms with Crippen LogP contribution in [0, 0.1) is 6.92 Å². The fourth-order valence-corrected chi connectivity index (χ4v) is 1.26. The molecule has 0 aliphatic rings. The number of nitrogens with one attached hydrogen (secondary N) is 1. The molecule has 0 saturated heterocycles. The Morgan fingerprint density at radius 2 is 2.06 bits per heavy atom. The van der Waals surface area contributed by atoms with E-state index < -0.39 is 5.69 Å². The van der Waals surface area contributed by atoms with Crippen molar-refractivity contribution < 1.29 is 4.74 Å². The van der Waals surface area contributed by atoms with Gasteiger partial charge in [0.1, 0.15) is 5.75 Å². The van der Waals surface area contributed by atoms with E-state index in [0.717, 1.165) is 0 Å². The molecule has 0 bridgehead atoms. The van der Waals surface area contributed by atoms with Gasteiger partial charge >= 0.3 is 5.69 Å². The zero-order chi connectivity index (χ0) is 11.5. The van der Waals surface area contributed by atoms with Gasteiger partial charge in [0.15, 0.2) is 5.75 Å². The van der Waals surface area contributed by atoms with Gasteiger partial charge in [-0.05, 0) is 19.1 Å². The molecule has 0 saturated carbocycles. The van der Waals surface area contributed by atoms with Crippen LogP contribution in [0.25, 0.3) is 0 Å². The highest BCUT2D eigenvalue weighted by atomic mass is 16.5. The average molecular weight is 217 g/mol. The Balaban J connectivity index is 2.34. The summed E-state index contributed by atoms with van der Waals surface area (Å²) in [5.41, 5.74) is 6.48. The van der Waals surface area contributed by atoms with Gasteiger partial charge in [-0.3, -0.25) is 0 Å². The quantitative estimate of drug-likeness (QED) is 0.746. The van der Waals surface area contributed by atoms with Crippen molar-refractivity contribution >= 4 is 5.69 Å². The van der Waals surface area contributed by atoms with Crippen LogP contribution >= 0.6 is 0 Å². The molecule has 0 fully saturated rings. The molecule has 0 aliphatic heterocycles. The zero-order valence-electron chi connectivity index (χ0n) is 8.73. The highest BCUT2D eigenvalue weighted by Crippen LogP contribution is 2.27. The second-order valence-corrected chi connectivity index (χ2v) is 3.32. The molecular formula is C11H11N3O2. The van der Waals surface area contributed by atoms with Gasteiger partial charge in [0.2, 0.25) is 0 Å². The summed E-state index contributed by atoms with van der Waals surface area (Å²) in [6.07, 6.45) is 1.38. The van der Waals surface area contributed by atoms with Gasteiger partial charge in [-0.1, -0.05) is 12.1 Å². The molecule has 5 nitrogen and oxygen atoms in total. The van der Waals surface area contributed by atoms with E-state index in [4.69, 9.17) is 10.5 Å². The smallest absolute Gasteiger partial charge is 0.345 e. The number of aryl methyl sites for hydroxylation is 1. The van der Waals surface area contributed by atoms with Crippen LogP contribution in [0.15, 0.2) is 35.3 Å². The lowest BCUT2D eigenvalue weighted by Gasteiger charge is -2.09. The third-order valence-corrected chi connectivity index (χ3v) is 2.10. The molecule has 3 N–H and O–H groups in total. The van der Waals surface area contributed by atoms with Crippen LogP contribution < -0.4 is 16.2 Å². The molecule has 16 heavy (non-hydrogen) atoms. The second-order valence-electron chi connectivity index (χ2n) is 3.32. The lowest BCUT2D eigenvalue weighted by atomic mass is 10.3. The number of H-pyrrole nitrogens is 1. The summed E-state index contributed by atoms with van der Waals surface area (Å²) in [7, 11) is 0. The number of hydrogen-bond acceptors (Lipinski definition) is 4. The third kappa shape index (κ3) is 2.03. The minimum Gasteiger partial charge on any atom is -0.452 e. The lowest BCUT2D eigenvalue weighted by molar-refractivity contribution is 0.474. The van der Waals surface area contributed by atoms with Gasteiger partial charge in [-0.15, -0.1) is 0 Å². The number of aromatic nitrogens is 2. The highest BCUT2D eigenvalue weighted by Gasteiger charge is 2.04. The predicted molar refractivity (Wildman–Crippen MR) is 60.5 cm³/mol. The van der Waals surface area contributed by atoms with Crippen LogP contribution in [0.4, 0.5) is 5.69 Å². The Labute approximate surface area is 91.9 Å². The lowest BCUT2D eigenvalue weighted by Crippen LogP contribution is -2.11. The Bertz CT molecular complexity index is 563. The molecule has 82 valence electrons. The molecule has 0 radical (unpaired) electrons. The summed E-state index contributed by atoms with van der Waals surface area (Å²) in [5, 5.41) is 0. The standard InChI is InChI=1S/C11H11N3O2/c1-7-10(6-13-11(15)14-7)16-9-5-3-2-4-8(9)12/h2-6H,12H2,1H3,(H,13,14,15). The number of nitrogens with two attached hydrogens (primary N) is 1. The van der Waals surface area contributed by atoms with Crippen LogP contribution in [0.2, 0.25) is 0 Å². The molecule has 0 unspecified atom stereocenters. The van der Waals surface area contributed by atoms with E-state index in [1.165, 1.54) is 6.20 Å². The first-order valence-corrected chi connectivity index (χ1v) is 4.75. The van der Waals surface area contributed by atoms with Gasteiger partial charge in [0.05, 0.1) is 17.6 Å². The van der Waals surface area contributed by atoms with Crippen LogP contribution in [0.5, 0.6) is 11.5 Å². The average Bonchev–Trinajstić information content (AvgIpc) is 2.25. The van der Waals surface area contributed by atoms with Crippen molar-refractivity contribution in [2.45, 2.75) is 6.92 Å². The Morgan fingerprint density at radius 3 is 2.75 bits per heavy atom. The fraction of sp³-hybridized carbons (Fsp3) is 0.0909. The Kier molecular flexibility index (Phi) is 2.59. The number of nitrogens with zero attached hydrogens (tertiary/aromatic N) is 1. The molecule has 5 heteroatoms. The molecule has 0 amide bonds. The van der Waals surface area contributed by atoms with Crippen molar-refractivity contribution in [1.82, 2.24) is 9.97 Å². The summed E-state index contributed by atoms with van der Waals surface area (Å²) in [4.78, 5) is 17.0. The predicted octanol–water partition coefficient (Wildman–Crippen LogP) is 1.45. The topological polar surface area (TPSA) is 81.0 Å². The molecule has 1 heterocycles. The molecule has 1 aromatic carbocycles. The monoisotopic (exact) mass is 217 g/mol. The van der Waals surface area contributed by atoms with Crippen molar-refractivity contribution in [2.75, 3.05) is 5.73 Å². The van der Waals surface area contributed by atoms with Crippen molar-refractivity contribution in [3.63, 3.8) is 0 Å². The minimum absolute atomic E-state index is 0.397. The van der Waals surface area contributed by atoms with E-state index >= 15 is 0 Å². The molecule has 1 aromatic heterocycles. The number of benzene rings is 1. The van der Waals surface area contributed by atoms with E-state index in [1.807, 2.05) is 12.1 Å². The minimum atomic E-state index is -0.397. The number of rotatable bonds is 2. The normalized spacial score (nSPS) is 10.1. The maximum absolute atomic E-state index is 10.9. The van der Waals surface area contributed by atoms with Crippen molar-refractivity contribution in [3.05, 3.63) is 46.6 Å². The van der Waals surface area contributed by atoms with E-state index in [9.17, 15) is 4.79 Å². The van der Waals surface area contributed by atoms with Crippen LogP contribution in [-0.2, 0) is 0 Å². The highest BCUT2D eigenvalue weighted by molar-refractivity contribution is 5.53. The fourth-order valence-electron chi connectivity index (χ4n) is 1.26. The Hall–Kier alpha value is -2.30. The number of para-hydroxylation sites is 2. The summed E-state index contributed by atoms with van der Waals surface area (Å²) in [6, 6.07) is 7.13. The van der Waals surface area contributed by atoms with E-state index in [1.54, 1.807) is 19.1 Å². The summed E-state index contributed by atoms with van der Waals surface area (Å²) in [6.45, 7) is 1.73. The maximum atomic E-state index is 10.9. The number of aromatic amines is 1. The number of anilines is 1. The Morgan fingerprint density at radius 1 is 1.31 bits per heavy atom. The zero-order valence-corrected chi connectivity index (χ0v) is 8.73. The van der Waals surface area contributed by atoms with Crippen molar-refractivity contribution in [1.29, 1.82) is 0 Å². The first-order chi connectivity index (χ1) is 7.66. The van der Waals surface area contributed by atoms with Crippen LogP contribution in [0.1, 0.15) is 5.69 Å². The first kappa shape index (κ1) is 10.2. The molecule has 0 spiro atoms.